The van der Waals surface area contributed by atoms with Gasteiger partial charge in [0.1, 0.15) is 5.69 Å². The Labute approximate surface area is 121 Å². The number of carbonyl (C=O) groups excluding carboxylic acids is 1. The molecule has 0 radical (unpaired) electrons. The molecule has 0 bridgehead atoms. The number of aryl methyl sites for hydroxylation is 1. The van der Waals surface area contributed by atoms with Gasteiger partial charge in [-0.3, -0.25) is 4.79 Å². The molecule has 1 aromatic heterocycles. The Balaban J connectivity index is 2.01. The third-order valence-electron chi connectivity index (χ3n) is 4.43. The van der Waals surface area contributed by atoms with Crippen molar-refractivity contribution < 1.29 is 4.79 Å². The molecule has 0 unspecified atom stereocenters. The number of nitrogen functional groups attached to an aromatic ring is 1. The van der Waals surface area contributed by atoms with Crippen molar-refractivity contribution in [1.29, 1.82) is 0 Å². The number of aromatic nitrogens is 1. The molecule has 3 N–H and O–H groups in total. The zero-order valence-corrected chi connectivity index (χ0v) is 12.8. The van der Waals surface area contributed by atoms with Gasteiger partial charge in [0, 0.05) is 24.8 Å². The molecule has 0 spiro atoms. The van der Waals surface area contributed by atoms with Gasteiger partial charge in [0.2, 0.25) is 0 Å². The maximum Gasteiger partial charge on any atom is 0.268 e. The largest absolute Gasteiger partial charge is 0.397 e. The van der Waals surface area contributed by atoms with Crippen molar-refractivity contribution in [3.63, 3.8) is 0 Å². The third-order valence-corrected chi connectivity index (χ3v) is 4.43. The van der Waals surface area contributed by atoms with Crippen LogP contribution in [0.15, 0.2) is 12.3 Å². The second kappa shape index (κ2) is 5.87. The van der Waals surface area contributed by atoms with Crippen molar-refractivity contribution >= 4 is 11.6 Å². The SMILES string of the molecule is CCCn1cc(N)cc1C(=O)NCC1(N(C)C)CCC1. The van der Waals surface area contributed by atoms with E-state index in [1.165, 1.54) is 6.42 Å². The van der Waals surface area contributed by atoms with Crippen LogP contribution in [0.25, 0.3) is 0 Å². The zero-order chi connectivity index (χ0) is 14.8. The molecular formula is C15H26N4O. The van der Waals surface area contributed by atoms with Crippen LogP contribution in [-0.4, -0.2) is 41.6 Å². The van der Waals surface area contributed by atoms with Crippen molar-refractivity contribution in [2.24, 2.45) is 0 Å². The maximum atomic E-state index is 12.4. The summed E-state index contributed by atoms with van der Waals surface area (Å²) in [4.78, 5) is 14.6. The Bertz CT molecular complexity index is 474. The summed E-state index contributed by atoms with van der Waals surface area (Å²) in [5.41, 5.74) is 7.26. The monoisotopic (exact) mass is 278 g/mol. The van der Waals surface area contributed by atoms with E-state index in [-0.39, 0.29) is 11.4 Å². The Morgan fingerprint density at radius 1 is 1.50 bits per heavy atom. The first-order valence-electron chi connectivity index (χ1n) is 7.40. The van der Waals surface area contributed by atoms with Crippen LogP contribution in [0.2, 0.25) is 0 Å². The number of nitrogens with one attached hydrogen (secondary N) is 1. The molecule has 0 atom stereocenters. The highest BCUT2D eigenvalue weighted by atomic mass is 16.1. The minimum Gasteiger partial charge on any atom is -0.397 e. The highest BCUT2D eigenvalue weighted by molar-refractivity contribution is 5.93. The van der Waals surface area contributed by atoms with E-state index in [9.17, 15) is 4.79 Å². The molecule has 1 aliphatic rings. The fraction of sp³-hybridized carbons (Fsp3) is 0.667. The lowest BCUT2D eigenvalue weighted by Gasteiger charge is -2.47. The van der Waals surface area contributed by atoms with Crippen LogP contribution in [-0.2, 0) is 6.54 Å². The Morgan fingerprint density at radius 2 is 2.20 bits per heavy atom. The molecule has 0 aromatic carbocycles. The predicted molar refractivity (Wildman–Crippen MR) is 81.7 cm³/mol. The molecule has 1 heterocycles. The number of carbonyl (C=O) groups is 1. The molecule has 0 aliphatic heterocycles. The van der Waals surface area contributed by atoms with Crippen molar-refractivity contribution in [2.45, 2.75) is 44.7 Å². The van der Waals surface area contributed by atoms with E-state index in [4.69, 9.17) is 5.73 Å². The Hall–Kier alpha value is -1.49. The van der Waals surface area contributed by atoms with Crippen LogP contribution >= 0.6 is 0 Å². The number of nitrogens with zero attached hydrogens (tertiary/aromatic N) is 2. The smallest absolute Gasteiger partial charge is 0.268 e. The fourth-order valence-electron chi connectivity index (χ4n) is 2.85. The molecule has 20 heavy (non-hydrogen) atoms. The van der Waals surface area contributed by atoms with Gasteiger partial charge in [0.05, 0.1) is 5.69 Å². The third kappa shape index (κ3) is 2.82. The zero-order valence-electron chi connectivity index (χ0n) is 12.8. The molecule has 2 rings (SSSR count). The van der Waals surface area contributed by atoms with E-state index in [0.29, 0.717) is 17.9 Å². The summed E-state index contributed by atoms with van der Waals surface area (Å²) in [5.74, 6) is -0.0247. The molecular weight excluding hydrogens is 252 g/mol. The molecule has 1 aliphatic carbocycles. The molecule has 5 nitrogen and oxygen atoms in total. The molecule has 1 aromatic rings. The lowest BCUT2D eigenvalue weighted by atomic mass is 9.75. The van der Waals surface area contributed by atoms with Crippen molar-refractivity contribution in [2.75, 3.05) is 26.4 Å². The topological polar surface area (TPSA) is 63.3 Å². The Kier molecular flexibility index (Phi) is 4.38. The number of nitrogens with two attached hydrogens (primary N) is 1. The average Bonchev–Trinajstić information content (AvgIpc) is 2.69. The second-order valence-electron chi connectivity index (χ2n) is 6.01. The van der Waals surface area contributed by atoms with E-state index < -0.39 is 0 Å². The summed E-state index contributed by atoms with van der Waals surface area (Å²) in [7, 11) is 4.17. The predicted octanol–water partition coefficient (Wildman–Crippen LogP) is 1.69. The van der Waals surface area contributed by atoms with Gasteiger partial charge in [-0.1, -0.05) is 6.92 Å². The maximum absolute atomic E-state index is 12.4. The summed E-state index contributed by atoms with van der Waals surface area (Å²) in [6.45, 7) is 3.61. The van der Waals surface area contributed by atoms with Crippen LogP contribution in [0.5, 0.6) is 0 Å². The fourth-order valence-corrected chi connectivity index (χ4v) is 2.85. The van der Waals surface area contributed by atoms with Crippen LogP contribution in [0.1, 0.15) is 43.1 Å². The van der Waals surface area contributed by atoms with Gasteiger partial charge < -0.3 is 20.5 Å². The highest BCUT2D eigenvalue weighted by Gasteiger charge is 2.39. The van der Waals surface area contributed by atoms with Crippen LogP contribution < -0.4 is 11.1 Å². The first-order chi connectivity index (χ1) is 9.48. The first-order valence-corrected chi connectivity index (χ1v) is 7.40. The molecule has 5 heteroatoms. The Morgan fingerprint density at radius 3 is 2.70 bits per heavy atom. The van der Waals surface area contributed by atoms with Gasteiger partial charge >= 0.3 is 0 Å². The van der Waals surface area contributed by atoms with Gasteiger partial charge in [0.25, 0.3) is 5.91 Å². The van der Waals surface area contributed by atoms with E-state index in [1.54, 1.807) is 6.07 Å². The molecule has 0 saturated heterocycles. The van der Waals surface area contributed by atoms with Gasteiger partial charge in [0.15, 0.2) is 0 Å². The normalized spacial score (nSPS) is 17.0. The summed E-state index contributed by atoms with van der Waals surface area (Å²) >= 11 is 0. The molecule has 1 fully saturated rings. The average molecular weight is 278 g/mol. The van der Waals surface area contributed by atoms with Crippen LogP contribution in [0.4, 0.5) is 5.69 Å². The van der Waals surface area contributed by atoms with Gasteiger partial charge in [-0.15, -0.1) is 0 Å². The van der Waals surface area contributed by atoms with Crippen molar-refractivity contribution in [3.05, 3.63) is 18.0 Å². The second-order valence-corrected chi connectivity index (χ2v) is 6.01. The van der Waals surface area contributed by atoms with Crippen molar-refractivity contribution in [1.82, 2.24) is 14.8 Å². The lowest BCUT2D eigenvalue weighted by Crippen LogP contribution is -2.57. The van der Waals surface area contributed by atoms with Crippen LogP contribution in [0, 0.1) is 0 Å². The standard InChI is InChI=1S/C15H26N4O/c1-4-8-19-10-12(16)9-13(19)14(20)17-11-15(18(2)3)6-5-7-15/h9-10H,4-8,11,16H2,1-3H3,(H,17,20). The van der Waals surface area contributed by atoms with Gasteiger partial charge in [-0.05, 0) is 45.8 Å². The minimum atomic E-state index is -0.0247. The minimum absolute atomic E-state index is 0.0247. The molecule has 1 amide bonds. The highest BCUT2D eigenvalue weighted by Crippen LogP contribution is 2.35. The van der Waals surface area contributed by atoms with E-state index in [1.807, 2.05) is 10.8 Å². The van der Waals surface area contributed by atoms with Crippen LogP contribution in [0.3, 0.4) is 0 Å². The summed E-state index contributed by atoms with van der Waals surface area (Å²) < 4.78 is 1.94. The number of hydrogen-bond donors (Lipinski definition) is 2. The summed E-state index contributed by atoms with van der Waals surface area (Å²) in [6, 6.07) is 1.76. The van der Waals surface area contributed by atoms with Gasteiger partial charge in [-0.25, -0.2) is 0 Å². The number of likely N-dealkylation sites (N-methyl/N-ethyl adjacent to an activating group) is 1. The van der Waals surface area contributed by atoms with Gasteiger partial charge in [-0.2, -0.15) is 0 Å². The quantitative estimate of drug-likeness (QED) is 0.832. The number of amides is 1. The lowest BCUT2D eigenvalue weighted by molar-refractivity contribution is 0.0555. The van der Waals surface area contributed by atoms with Crippen molar-refractivity contribution in [3.8, 4) is 0 Å². The number of rotatable bonds is 6. The first kappa shape index (κ1) is 14.9. The van der Waals surface area contributed by atoms with E-state index in [2.05, 4.69) is 31.2 Å². The molecule has 1 saturated carbocycles. The number of hydrogen-bond acceptors (Lipinski definition) is 3. The summed E-state index contributed by atoms with van der Waals surface area (Å²) in [6.07, 6.45) is 6.36. The number of anilines is 1. The molecule has 112 valence electrons. The van der Waals surface area contributed by atoms with E-state index >= 15 is 0 Å². The van der Waals surface area contributed by atoms with E-state index in [0.717, 1.165) is 25.8 Å². The summed E-state index contributed by atoms with van der Waals surface area (Å²) in [5, 5.41) is 3.08.